The number of methoxy groups -OCH3 is 2. The van der Waals surface area contributed by atoms with Crippen molar-refractivity contribution >= 4 is 60.7 Å². The van der Waals surface area contributed by atoms with Gasteiger partial charge in [-0.15, -0.1) is 0 Å². The second-order valence-corrected chi connectivity index (χ2v) is 11.6. The molecule has 41 heavy (non-hydrogen) atoms. The number of carbonyl (C=O) groups excluding carboxylic acids is 1. The first-order chi connectivity index (χ1) is 19.4. The lowest BCUT2D eigenvalue weighted by Crippen LogP contribution is -2.43. The molecule has 1 fully saturated rings. The Morgan fingerprint density at radius 1 is 1.37 bits per heavy atom. The number of imidazole rings is 1. The van der Waals surface area contributed by atoms with Crippen LogP contribution in [0.2, 0.25) is 10.0 Å². The Kier molecular flexibility index (Phi) is 9.09. The SMILES string of the molecule is C=N[C@]1(C)[C@H](O)[C@@H](COP(=O)(N[C@@H](C)C(=O)OC)Oc2ccc(Cl)c(Cl)c2)O[C@H]1n1cnc2c(OC)nc(N)nc21. The van der Waals surface area contributed by atoms with Crippen LogP contribution in [0.3, 0.4) is 0 Å². The Labute approximate surface area is 244 Å². The summed E-state index contributed by atoms with van der Waals surface area (Å²) in [5, 5.41) is 14.1. The smallest absolute Gasteiger partial charge is 0.459 e. The van der Waals surface area contributed by atoms with Crippen LogP contribution < -0.4 is 20.1 Å². The minimum Gasteiger partial charge on any atom is -0.479 e. The highest BCUT2D eigenvalue weighted by Gasteiger charge is 2.55. The van der Waals surface area contributed by atoms with Crippen LogP contribution in [0.4, 0.5) is 5.95 Å². The summed E-state index contributed by atoms with van der Waals surface area (Å²) >= 11 is 12.0. The van der Waals surface area contributed by atoms with Gasteiger partial charge in [-0.2, -0.15) is 15.1 Å². The topological polar surface area (TPSA) is 195 Å². The zero-order valence-corrected chi connectivity index (χ0v) is 24.8. The van der Waals surface area contributed by atoms with Crippen LogP contribution in [0.5, 0.6) is 11.6 Å². The van der Waals surface area contributed by atoms with Crippen LogP contribution in [0.15, 0.2) is 29.5 Å². The van der Waals surface area contributed by atoms with Crippen molar-refractivity contribution in [1.82, 2.24) is 24.6 Å². The number of halogens is 2. The maximum atomic E-state index is 13.8. The lowest BCUT2D eigenvalue weighted by Gasteiger charge is -2.28. The van der Waals surface area contributed by atoms with Gasteiger partial charge in [0.05, 0.1) is 37.2 Å². The molecule has 0 aliphatic carbocycles. The molecule has 0 spiro atoms. The van der Waals surface area contributed by atoms with E-state index in [1.54, 1.807) is 6.92 Å². The number of carbonyl (C=O) groups is 1. The molecule has 1 unspecified atom stereocenters. The van der Waals surface area contributed by atoms with E-state index in [1.165, 1.54) is 50.2 Å². The summed E-state index contributed by atoms with van der Waals surface area (Å²) in [5.41, 5.74) is 5.04. The Morgan fingerprint density at radius 2 is 2.10 bits per heavy atom. The summed E-state index contributed by atoms with van der Waals surface area (Å²) in [6.07, 6.45) is -2.04. The number of nitrogens with one attached hydrogen (secondary N) is 1. The number of nitrogens with two attached hydrogens (primary N) is 1. The number of aliphatic hydroxyl groups is 1. The van der Waals surface area contributed by atoms with E-state index >= 15 is 0 Å². The van der Waals surface area contributed by atoms with Crippen molar-refractivity contribution in [2.24, 2.45) is 4.99 Å². The van der Waals surface area contributed by atoms with Gasteiger partial charge in [0.2, 0.25) is 11.8 Å². The van der Waals surface area contributed by atoms with Crippen LogP contribution >= 0.6 is 30.9 Å². The van der Waals surface area contributed by atoms with Gasteiger partial charge in [-0.1, -0.05) is 23.2 Å². The lowest BCUT2D eigenvalue weighted by molar-refractivity contribution is -0.142. The molecule has 2 aromatic heterocycles. The highest BCUT2D eigenvalue weighted by molar-refractivity contribution is 7.52. The maximum absolute atomic E-state index is 13.8. The van der Waals surface area contributed by atoms with Gasteiger partial charge in [0.15, 0.2) is 17.4 Å². The Balaban J connectivity index is 1.62. The number of nitrogen functional groups attached to an aromatic ring is 1. The highest BCUT2D eigenvalue weighted by Crippen LogP contribution is 2.48. The number of rotatable bonds is 11. The number of fused-ring (bicyclic) bond motifs is 1. The molecule has 1 saturated heterocycles. The third kappa shape index (κ3) is 6.11. The quantitative estimate of drug-likeness (QED) is 0.159. The summed E-state index contributed by atoms with van der Waals surface area (Å²) < 4.78 is 42.7. The molecule has 0 amide bonds. The van der Waals surface area contributed by atoms with Crippen LogP contribution in [0.25, 0.3) is 11.2 Å². The van der Waals surface area contributed by atoms with E-state index in [0.717, 1.165) is 0 Å². The molecular formula is C23H28Cl2N7O8P. The predicted octanol–water partition coefficient (Wildman–Crippen LogP) is 2.80. The second-order valence-electron chi connectivity index (χ2n) is 9.11. The Morgan fingerprint density at radius 3 is 2.73 bits per heavy atom. The van der Waals surface area contributed by atoms with E-state index in [-0.39, 0.29) is 33.3 Å². The number of benzene rings is 1. The number of hydrogen-bond acceptors (Lipinski definition) is 13. The summed E-state index contributed by atoms with van der Waals surface area (Å²) in [5.74, 6) is -0.624. The molecule has 18 heteroatoms. The monoisotopic (exact) mass is 631 g/mol. The molecule has 1 aliphatic rings. The van der Waals surface area contributed by atoms with Gasteiger partial charge in [-0.25, -0.2) is 9.55 Å². The van der Waals surface area contributed by atoms with Crippen molar-refractivity contribution in [2.45, 2.75) is 43.9 Å². The van der Waals surface area contributed by atoms with Crippen LogP contribution in [-0.2, 0) is 23.4 Å². The molecule has 3 aromatic rings. The molecular weight excluding hydrogens is 604 g/mol. The first-order valence-corrected chi connectivity index (χ1v) is 14.3. The van der Waals surface area contributed by atoms with Crippen LogP contribution in [-0.4, -0.2) is 81.9 Å². The normalized spacial score (nSPS) is 24.5. The average molecular weight is 632 g/mol. The molecule has 6 atom stereocenters. The third-order valence-corrected chi connectivity index (χ3v) is 8.76. The van der Waals surface area contributed by atoms with Crippen molar-refractivity contribution in [1.29, 1.82) is 0 Å². The molecule has 222 valence electrons. The fourth-order valence-corrected chi connectivity index (χ4v) is 5.95. The second kappa shape index (κ2) is 12.1. The fraction of sp³-hybridized carbons (Fsp3) is 0.435. The standard InChI is InChI=1S/C23H28Cl2N7O8P/c1-11(20(34)37-5)31-41(35,40-12-6-7-13(24)14(25)8-12)38-9-15-17(33)23(2,27-3)21(39-15)32-10-28-16-18(32)29-22(26)30-19(16)36-4/h6-8,10-11,15,17,21,33H,3,9H2,1-2,4-5H3,(H,31,35)(H2,26,29,30)/t11-,15+,17+,21+,23+,41?/m0/s1. The van der Waals surface area contributed by atoms with E-state index in [1.807, 2.05) is 0 Å². The number of aliphatic imine (C=N–C) groups is 1. The largest absolute Gasteiger partial charge is 0.479 e. The zero-order chi connectivity index (χ0) is 30.1. The van der Waals surface area contributed by atoms with Gasteiger partial charge in [0.25, 0.3) is 0 Å². The van der Waals surface area contributed by atoms with E-state index in [2.05, 4.69) is 31.7 Å². The van der Waals surface area contributed by atoms with E-state index in [4.69, 9.17) is 52.2 Å². The number of aromatic nitrogens is 4. The van der Waals surface area contributed by atoms with Crippen molar-refractivity contribution < 1.29 is 37.7 Å². The molecule has 0 saturated carbocycles. The fourth-order valence-electron chi connectivity index (χ4n) is 4.17. The van der Waals surface area contributed by atoms with Gasteiger partial charge in [0.1, 0.15) is 29.5 Å². The molecule has 4 rings (SSSR count). The average Bonchev–Trinajstić information content (AvgIpc) is 3.46. The van der Waals surface area contributed by atoms with Crippen molar-refractivity contribution in [2.75, 3.05) is 26.6 Å². The highest BCUT2D eigenvalue weighted by atomic mass is 35.5. The molecule has 0 bridgehead atoms. The Hall–Kier alpha value is -3.04. The molecule has 15 nitrogen and oxygen atoms in total. The first-order valence-electron chi connectivity index (χ1n) is 12.0. The lowest BCUT2D eigenvalue weighted by atomic mass is 9.93. The summed E-state index contributed by atoms with van der Waals surface area (Å²) in [6.45, 7) is 6.16. The minimum atomic E-state index is -4.33. The van der Waals surface area contributed by atoms with Crippen molar-refractivity contribution in [3.05, 3.63) is 34.6 Å². The number of esters is 1. The van der Waals surface area contributed by atoms with Crippen LogP contribution in [0.1, 0.15) is 20.1 Å². The molecule has 1 aromatic carbocycles. The maximum Gasteiger partial charge on any atom is 0.459 e. The number of nitrogens with zero attached hydrogens (tertiary/aromatic N) is 5. The number of anilines is 1. The summed E-state index contributed by atoms with van der Waals surface area (Å²) in [7, 11) is -1.75. The van der Waals surface area contributed by atoms with E-state index in [0.29, 0.717) is 5.52 Å². The summed E-state index contributed by atoms with van der Waals surface area (Å²) in [4.78, 5) is 28.7. The van der Waals surface area contributed by atoms with Crippen molar-refractivity contribution in [3.63, 3.8) is 0 Å². The number of hydrogen-bond donors (Lipinski definition) is 3. The Bertz CT molecular complexity index is 1510. The van der Waals surface area contributed by atoms with E-state index in [9.17, 15) is 14.5 Å². The molecule has 1 aliphatic heterocycles. The van der Waals surface area contributed by atoms with Gasteiger partial charge in [-0.3, -0.25) is 18.9 Å². The van der Waals surface area contributed by atoms with Crippen LogP contribution in [0, 0.1) is 0 Å². The summed E-state index contributed by atoms with van der Waals surface area (Å²) in [6, 6.07) is 3.07. The van der Waals surface area contributed by atoms with Crippen molar-refractivity contribution in [3.8, 4) is 11.6 Å². The van der Waals surface area contributed by atoms with E-state index < -0.39 is 50.3 Å². The predicted molar refractivity (Wildman–Crippen MR) is 149 cm³/mol. The number of ether oxygens (including phenoxy) is 3. The molecule has 3 heterocycles. The molecule has 0 radical (unpaired) electrons. The first kappa shape index (κ1) is 30.9. The zero-order valence-electron chi connectivity index (χ0n) is 22.4. The van der Waals surface area contributed by atoms with Gasteiger partial charge < -0.3 is 29.6 Å². The number of aliphatic hydroxyl groups excluding tert-OH is 1. The minimum absolute atomic E-state index is 0.0340. The van der Waals surface area contributed by atoms with Gasteiger partial charge >= 0.3 is 13.7 Å². The van der Waals surface area contributed by atoms with Gasteiger partial charge in [0, 0.05) is 6.07 Å². The third-order valence-electron chi connectivity index (χ3n) is 6.38. The molecule has 4 N–H and O–H groups in total. The van der Waals surface area contributed by atoms with Gasteiger partial charge in [-0.05, 0) is 32.7 Å².